The number of hydrogen-bond donors (Lipinski definition) is 1. The molecule has 2 amide bonds. The van der Waals surface area contributed by atoms with Gasteiger partial charge in [-0.25, -0.2) is 9.78 Å². The van der Waals surface area contributed by atoms with E-state index in [1.807, 2.05) is 47.5 Å². The Kier molecular flexibility index (Phi) is 3.84. The second kappa shape index (κ2) is 6.15. The Hall–Kier alpha value is -2.56. The first kappa shape index (κ1) is 15.0. The fourth-order valence-electron chi connectivity index (χ4n) is 3.33. The molecule has 0 unspecified atom stereocenters. The molecule has 2 fully saturated rings. The summed E-state index contributed by atoms with van der Waals surface area (Å²) in [5, 5.41) is 3.26. The van der Waals surface area contributed by atoms with E-state index in [-0.39, 0.29) is 11.6 Å². The van der Waals surface area contributed by atoms with Gasteiger partial charge in [-0.3, -0.25) is 0 Å². The van der Waals surface area contributed by atoms with Gasteiger partial charge in [-0.05, 0) is 30.5 Å². The number of urea groups is 1. The van der Waals surface area contributed by atoms with Crippen molar-refractivity contribution >= 4 is 11.8 Å². The molecule has 0 spiro atoms. The van der Waals surface area contributed by atoms with E-state index >= 15 is 0 Å². The molecule has 0 atom stereocenters. The standard InChI is InChI=1S/C19H22N4O/c24-18(21-19(9-10-19)16-6-2-1-3-7-16)23-14-12-22(13-15-23)17-8-4-5-11-20-17/h1-8,11H,9-10,12-15H2,(H,21,24). The van der Waals surface area contributed by atoms with Crippen molar-refractivity contribution < 1.29 is 4.79 Å². The van der Waals surface area contributed by atoms with Crippen molar-refractivity contribution in [2.75, 3.05) is 31.1 Å². The number of nitrogens with zero attached hydrogens (tertiary/aromatic N) is 3. The van der Waals surface area contributed by atoms with E-state index < -0.39 is 0 Å². The van der Waals surface area contributed by atoms with Gasteiger partial charge in [-0.2, -0.15) is 0 Å². The Bertz CT molecular complexity index is 692. The zero-order valence-electron chi connectivity index (χ0n) is 13.7. The van der Waals surface area contributed by atoms with Crippen molar-refractivity contribution in [3.8, 4) is 0 Å². The average molecular weight is 322 g/mol. The highest BCUT2D eigenvalue weighted by Crippen LogP contribution is 2.45. The van der Waals surface area contributed by atoms with Crippen LogP contribution in [0.15, 0.2) is 54.7 Å². The van der Waals surface area contributed by atoms with Gasteiger partial charge in [-0.1, -0.05) is 36.4 Å². The third-order valence-corrected chi connectivity index (χ3v) is 4.96. The fourth-order valence-corrected chi connectivity index (χ4v) is 3.33. The number of benzene rings is 1. The molecule has 2 aliphatic rings. The molecule has 1 aliphatic carbocycles. The summed E-state index contributed by atoms with van der Waals surface area (Å²) in [5.74, 6) is 0.987. The van der Waals surface area contributed by atoms with E-state index in [1.54, 1.807) is 0 Å². The molecule has 0 bridgehead atoms. The minimum atomic E-state index is -0.142. The van der Waals surface area contributed by atoms with Crippen molar-refractivity contribution in [1.29, 1.82) is 0 Å². The predicted octanol–water partition coefficient (Wildman–Crippen LogP) is 2.60. The van der Waals surface area contributed by atoms with Gasteiger partial charge in [0.15, 0.2) is 0 Å². The maximum Gasteiger partial charge on any atom is 0.318 e. The highest BCUT2D eigenvalue weighted by molar-refractivity contribution is 5.76. The lowest BCUT2D eigenvalue weighted by atomic mass is 10.1. The summed E-state index contributed by atoms with van der Waals surface area (Å²) < 4.78 is 0. The highest BCUT2D eigenvalue weighted by Gasteiger charge is 2.46. The number of anilines is 1. The van der Waals surface area contributed by atoms with Crippen molar-refractivity contribution in [3.63, 3.8) is 0 Å². The van der Waals surface area contributed by atoms with Gasteiger partial charge < -0.3 is 15.1 Å². The van der Waals surface area contributed by atoms with Crippen LogP contribution < -0.4 is 10.2 Å². The third-order valence-electron chi connectivity index (χ3n) is 4.96. The van der Waals surface area contributed by atoms with Crippen LogP contribution in [0, 0.1) is 0 Å². The van der Waals surface area contributed by atoms with Gasteiger partial charge in [0.1, 0.15) is 5.82 Å². The van der Waals surface area contributed by atoms with Gasteiger partial charge in [-0.15, -0.1) is 0 Å². The number of rotatable bonds is 3. The van der Waals surface area contributed by atoms with Crippen LogP contribution in [0.2, 0.25) is 0 Å². The number of amides is 2. The molecule has 1 aromatic carbocycles. The Morgan fingerprint density at radius 1 is 0.958 bits per heavy atom. The molecule has 1 aromatic heterocycles. The number of piperazine rings is 1. The summed E-state index contributed by atoms with van der Waals surface area (Å²) in [6.07, 6.45) is 3.86. The fraction of sp³-hybridized carbons (Fsp3) is 0.368. The number of hydrogen-bond acceptors (Lipinski definition) is 3. The number of carbonyl (C=O) groups is 1. The summed E-state index contributed by atoms with van der Waals surface area (Å²) in [6, 6.07) is 16.3. The van der Waals surface area contributed by atoms with E-state index in [1.165, 1.54) is 5.56 Å². The maximum atomic E-state index is 12.7. The molecule has 1 saturated heterocycles. The van der Waals surface area contributed by atoms with Crippen molar-refractivity contribution in [2.24, 2.45) is 0 Å². The molecule has 1 N–H and O–H groups in total. The molecule has 2 aromatic rings. The number of aromatic nitrogens is 1. The Labute approximate surface area is 142 Å². The first-order chi connectivity index (χ1) is 11.8. The first-order valence-electron chi connectivity index (χ1n) is 8.55. The third kappa shape index (κ3) is 2.94. The SMILES string of the molecule is O=C(NC1(c2ccccc2)CC1)N1CCN(c2ccccn2)CC1. The first-order valence-corrected chi connectivity index (χ1v) is 8.55. The monoisotopic (exact) mass is 322 g/mol. The predicted molar refractivity (Wildman–Crippen MR) is 93.9 cm³/mol. The van der Waals surface area contributed by atoms with E-state index in [2.05, 4.69) is 27.3 Å². The van der Waals surface area contributed by atoms with Crippen molar-refractivity contribution in [3.05, 3.63) is 60.3 Å². The summed E-state index contributed by atoms with van der Waals surface area (Å²) >= 11 is 0. The minimum Gasteiger partial charge on any atom is -0.353 e. The normalized spacial score (nSPS) is 19.0. The largest absolute Gasteiger partial charge is 0.353 e. The second-order valence-electron chi connectivity index (χ2n) is 6.54. The molecule has 5 heteroatoms. The summed E-state index contributed by atoms with van der Waals surface area (Å²) in [5.41, 5.74) is 1.07. The van der Waals surface area contributed by atoms with Gasteiger partial charge in [0, 0.05) is 32.4 Å². The zero-order valence-corrected chi connectivity index (χ0v) is 13.7. The summed E-state index contributed by atoms with van der Waals surface area (Å²) in [4.78, 5) is 21.2. The number of carbonyl (C=O) groups excluding carboxylic acids is 1. The molecule has 4 rings (SSSR count). The number of pyridine rings is 1. The molecule has 1 aliphatic heterocycles. The lowest BCUT2D eigenvalue weighted by Gasteiger charge is -2.36. The Morgan fingerprint density at radius 3 is 2.29 bits per heavy atom. The lowest BCUT2D eigenvalue weighted by molar-refractivity contribution is 0.188. The van der Waals surface area contributed by atoms with Crippen LogP contribution in [0.5, 0.6) is 0 Å². The van der Waals surface area contributed by atoms with Gasteiger partial charge in [0.2, 0.25) is 0 Å². The van der Waals surface area contributed by atoms with Crippen LogP contribution in [-0.4, -0.2) is 42.1 Å². The zero-order chi connectivity index (χ0) is 16.4. The average Bonchev–Trinajstić information content (AvgIpc) is 3.44. The van der Waals surface area contributed by atoms with Crippen LogP contribution in [0.4, 0.5) is 10.6 Å². The number of nitrogens with one attached hydrogen (secondary N) is 1. The van der Waals surface area contributed by atoms with Crippen LogP contribution in [0.25, 0.3) is 0 Å². The summed E-state index contributed by atoms with van der Waals surface area (Å²) in [7, 11) is 0. The van der Waals surface area contributed by atoms with E-state index in [4.69, 9.17) is 0 Å². The molecule has 124 valence electrons. The topological polar surface area (TPSA) is 48.5 Å². The van der Waals surface area contributed by atoms with E-state index in [0.29, 0.717) is 0 Å². The minimum absolute atomic E-state index is 0.0528. The molecular weight excluding hydrogens is 300 g/mol. The molecule has 2 heterocycles. The Balaban J connectivity index is 1.36. The lowest BCUT2D eigenvalue weighted by Crippen LogP contribution is -2.53. The highest BCUT2D eigenvalue weighted by atomic mass is 16.2. The summed E-state index contributed by atoms with van der Waals surface area (Å²) in [6.45, 7) is 3.10. The van der Waals surface area contributed by atoms with Gasteiger partial charge in [0.05, 0.1) is 5.54 Å². The second-order valence-corrected chi connectivity index (χ2v) is 6.54. The van der Waals surface area contributed by atoms with Crippen molar-refractivity contribution in [2.45, 2.75) is 18.4 Å². The molecule has 1 saturated carbocycles. The smallest absolute Gasteiger partial charge is 0.318 e. The Morgan fingerprint density at radius 2 is 1.67 bits per heavy atom. The van der Waals surface area contributed by atoms with E-state index in [0.717, 1.165) is 44.8 Å². The van der Waals surface area contributed by atoms with Crippen LogP contribution in [0.1, 0.15) is 18.4 Å². The maximum absolute atomic E-state index is 12.7. The van der Waals surface area contributed by atoms with E-state index in [9.17, 15) is 4.79 Å². The molecule has 5 nitrogen and oxygen atoms in total. The molecular formula is C19H22N4O. The van der Waals surface area contributed by atoms with Crippen LogP contribution in [-0.2, 0) is 5.54 Å². The molecule has 0 radical (unpaired) electrons. The van der Waals surface area contributed by atoms with Crippen LogP contribution >= 0.6 is 0 Å². The van der Waals surface area contributed by atoms with Crippen molar-refractivity contribution in [1.82, 2.24) is 15.2 Å². The van der Waals surface area contributed by atoms with Gasteiger partial charge >= 0.3 is 6.03 Å². The van der Waals surface area contributed by atoms with Gasteiger partial charge in [0.25, 0.3) is 0 Å². The molecule has 24 heavy (non-hydrogen) atoms. The van der Waals surface area contributed by atoms with Crippen LogP contribution in [0.3, 0.4) is 0 Å². The quantitative estimate of drug-likeness (QED) is 0.945.